The average molecular weight is 443 g/mol. The summed E-state index contributed by atoms with van der Waals surface area (Å²) in [5.41, 5.74) is 6.78. The van der Waals surface area contributed by atoms with Gasteiger partial charge in [0, 0.05) is 18.2 Å². The molecule has 11 heteroatoms. The summed E-state index contributed by atoms with van der Waals surface area (Å²) in [6, 6.07) is 2.45. The molecule has 0 unspecified atom stereocenters. The first-order valence-corrected chi connectivity index (χ1v) is 10.5. The molecule has 32 heavy (non-hydrogen) atoms. The second-order valence-corrected chi connectivity index (χ2v) is 8.47. The Hall–Kier alpha value is -3.34. The van der Waals surface area contributed by atoms with E-state index in [-0.39, 0.29) is 23.0 Å². The third-order valence-corrected chi connectivity index (χ3v) is 6.35. The van der Waals surface area contributed by atoms with Gasteiger partial charge in [0.1, 0.15) is 5.82 Å². The molecule has 4 rings (SSSR count). The molecule has 0 radical (unpaired) electrons. The second-order valence-electron chi connectivity index (χ2n) is 8.47. The fourth-order valence-corrected chi connectivity index (χ4v) is 4.33. The number of aryl methyl sites for hydroxylation is 1. The number of carbonyl (C=O) groups is 1. The largest absolute Gasteiger partial charge is 0.384 e. The number of anilines is 4. The van der Waals surface area contributed by atoms with E-state index in [0.29, 0.717) is 22.8 Å². The number of nitroso groups, excluding NO2 is 1. The van der Waals surface area contributed by atoms with E-state index in [4.69, 9.17) is 10.5 Å². The van der Waals surface area contributed by atoms with Crippen LogP contribution in [0.2, 0.25) is 0 Å². The second kappa shape index (κ2) is 8.65. The Labute approximate surface area is 184 Å². The van der Waals surface area contributed by atoms with Crippen molar-refractivity contribution in [1.82, 2.24) is 9.97 Å². The summed E-state index contributed by atoms with van der Waals surface area (Å²) in [5, 5.41) is 10.6. The van der Waals surface area contributed by atoms with Crippen molar-refractivity contribution in [3.8, 4) is 0 Å². The van der Waals surface area contributed by atoms with E-state index in [0.717, 1.165) is 38.9 Å². The standard InChI is InChI=1S/C21H26FN7O3/c1-12-7-14(18(23)30)15(22)8-16(12)26-20-25-9-17(24-2)19(27-20)29(28-31)13-3-5-21(6-4-13)10-32-11-21/h7-9,13,24H,3-6,10-11H2,1-2H3,(H2,23,30)(H,25,26,27). The number of primary amides is 1. The first-order chi connectivity index (χ1) is 15.4. The molecule has 2 aromatic rings. The van der Waals surface area contributed by atoms with Gasteiger partial charge in [-0.1, -0.05) is 0 Å². The maximum atomic E-state index is 14.2. The van der Waals surface area contributed by atoms with E-state index in [1.165, 1.54) is 23.3 Å². The van der Waals surface area contributed by atoms with Gasteiger partial charge in [0.15, 0.2) is 5.82 Å². The summed E-state index contributed by atoms with van der Waals surface area (Å²) >= 11 is 0. The Kier molecular flexibility index (Phi) is 5.92. The van der Waals surface area contributed by atoms with Crippen LogP contribution in [0.25, 0.3) is 0 Å². The Morgan fingerprint density at radius 3 is 2.59 bits per heavy atom. The van der Waals surface area contributed by atoms with Crippen LogP contribution in [0.3, 0.4) is 0 Å². The highest BCUT2D eigenvalue weighted by molar-refractivity contribution is 5.94. The molecule has 2 heterocycles. The number of ether oxygens (including phenoxy) is 1. The van der Waals surface area contributed by atoms with Gasteiger partial charge in [-0.3, -0.25) is 4.79 Å². The minimum atomic E-state index is -0.843. The van der Waals surface area contributed by atoms with Gasteiger partial charge in [-0.05, 0) is 50.3 Å². The molecular weight excluding hydrogens is 417 g/mol. The predicted octanol–water partition coefficient (Wildman–Crippen LogP) is 3.26. The summed E-state index contributed by atoms with van der Waals surface area (Å²) in [7, 11) is 1.71. The molecular formula is C21H26FN7O3. The highest BCUT2D eigenvalue weighted by Crippen LogP contribution is 2.44. The molecule has 4 N–H and O–H groups in total. The van der Waals surface area contributed by atoms with Gasteiger partial charge in [-0.15, -0.1) is 4.91 Å². The molecule has 1 aliphatic carbocycles. The number of hydrogen-bond acceptors (Lipinski definition) is 8. The number of nitrogens with two attached hydrogens (primary N) is 1. The molecule has 0 bridgehead atoms. The smallest absolute Gasteiger partial charge is 0.251 e. The Balaban J connectivity index is 1.59. The Morgan fingerprint density at radius 1 is 1.31 bits per heavy atom. The van der Waals surface area contributed by atoms with Crippen LogP contribution in [0, 0.1) is 23.1 Å². The lowest BCUT2D eigenvalue weighted by molar-refractivity contribution is -0.132. The van der Waals surface area contributed by atoms with E-state index < -0.39 is 11.7 Å². The van der Waals surface area contributed by atoms with Gasteiger partial charge >= 0.3 is 0 Å². The van der Waals surface area contributed by atoms with Crippen LogP contribution in [-0.2, 0) is 4.74 Å². The van der Waals surface area contributed by atoms with Crippen LogP contribution < -0.4 is 21.4 Å². The van der Waals surface area contributed by atoms with Crippen LogP contribution in [0.5, 0.6) is 0 Å². The fraction of sp³-hybridized carbons (Fsp3) is 0.476. The van der Waals surface area contributed by atoms with Gasteiger partial charge in [-0.2, -0.15) is 4.98 Å². The van der Waals surface area contributed by atoms with Crippen molar-refractivity contribution in [3.63, 3.8) is 0 Å². The maximum Gasteiger partial charge on any atom is 0.251 e. The zero-order valence-corrected chi connectivity index (χ0v) is 18.0. The van der Waals surface area contributed by atoms with Crippen molar-refractivity contribution in [2.75, 3.05) is 35.9 Å². The van der Waals surface area contributed by atoms with E-state index in [9.17, 15) is 14.1 Å². The van der Waals surface area contributed by atoms with Crippen LogP contribution in [-0.4, -0.2) is 42.2 Å². The Bertz CT molecular complexity index is 1030. The number of aromatic nitrogens is 2. The predicted molar refractivity (Wildman–Crippen MR) is 118 cm³/mol. The third kappa shape index (κ3) is 4.07. The first-order valence-electron chi connectivity index (χ1n) is 10.5. The quantitative estimate of drug-likeness (QED) is 0.438. The van der Waals surface area contributed by atoms with Crippen molar-refractivity contribution in [3.05, 3.63) is 40.2 Å². The summed E-state index contributed by atoms with van der Waals surface area (Å²) in [5.74, 6) is -1.08. The average Bonchev–Trinajstić information content (AvgIpc) is 2.76. The monoisotopic (exact) mass is 443 g/mol. The lowest BCUT2D eigenvalue weighted by Crippen LogP contribution is -2.48. The zero-order chi connectivity index (χ0) is 22.9. The van der Waals surface area contributed by atoms with Crippen molar-refractivity contribution >= 4 is 29.0 Å². The van der Waals surface area contributed by atoms with Gasteiger partial charge in [0.25, 0.3) is 5.91 Å². The number of halogens is 1. The molecule has 1 saturated heterocycles. The third-order valence-electron chi connectivity index (χ3n) is 6.35. The SMILES string of the molecule is CNc1cnc(Nc2cc(F)c(C(N)=O)cc2C)nc1N(N=O)C1CCC2(CC1)COC2. The summed E-state index contributed by atoms with van der Waals surface area (Å²) in [6.07, 6.45) is 5.10. The maximum absolute atomic E-state index is 14.2. The molecule has 2 aliphatic rings. The van der Waals surface area contributed by atoms with Crippen LogP contribution >= 0.6 is 0 Å². The molecule has 1 amide bonds. The summed E-state index contributed by atoms with van der Waals surface area (Å²) in [4.78, 5) is 31.9. The number of benzene rings is 1. The highest BCUT2D eigenvalue weighted by atomic mass is 19.1. The molecule has 2 fully saturated rings. The van der Waals surface area contributed by atoms with Crippen molar-refractivity contribution < 1.29 is 13.9 Å². The number of carbonyl (C=O) groups excluding carboxylic acids is 1. The van der Waals surface area contributed by atoms with Crippen molar-refractivity contribution in [2.45, 2.75) is 38.6 Å². The summed E-state index contributed by atoms with van der Waals surface area (Å²) < 4.78 is 19.6. The van der Waals surface area contributed by atoms with Crippen LogP contribution in [0.1, 0.15) is 41.6 Å². The van der Waals surface area contributed by atoms with Gasteiger partial charge < -0.3 is 21.1 Å². The molecule has 1 spiro atoms. The van der Waals surface area contributed by atoms with Crippen LogP contribution in [0.4, 0.5) is 27.5 Å². The van der Waals surface area contributed by atoms with Gasteiger partial charge in [-0.25, -0.2) is 14.4 Å². The number of amides is 1. The van der Waals surface area contributed by atoms with E-state index >= 15 is 0 Å². The minimum Gasteiger partial charge on any atom is -0.384 e. The van der Waals surface area contributed by atoms with Crippen molar-refractivity contribution in [1.29, 1.82) is 0 Å². The molecule has 1 saturated carbocycles. The number of nitrogens with one attached hydrogen (secondary N) is 2. The fourth-order valence-electron chi connectivity index (χ4n) is 4.33. The number of nitrogens with zero attached hydrogens (tertiary/aromatic N) is 4. The molecule has 10 nitrogen and oxygen atoms in total. The van der Waals surface area contributed by atoms with E-state index in [2.05, 4.69) is 25.9 Å². The van der Waals surface area contributed by atoms with E-state index in [1.54, 1.807) is 14.0 Å². The summed E-state index contributed by atoms with van der Waals surface area (Å²) in [6.45, 7) is 3.27. The molecule has 0 atom stereocenters. The normalized spacial score (nSPS) is 17.5. The molecule has 1 aromatic heterocycles. The van der Waals surface area contributed by atoms with Crippen LogP contribution in [0.15, 0.2) is 23.6 Å². The Morgan fingerprint density at radius 2 is 2.03 bits per heavy atom. The topological polar surface area (TPSA) is 135 Å². The number of rotatable bonds is 7. The lowest BCUT2D eigenvalue weighted by Gasteiger charge is -2.47. The van der Waals surface area contributed by atoms with Gasteiger partial charge in [0.2, 0.25) is 5.95 Å². The number of hydrogen-bond donors (Lipinski definition) is 3. The molecule has 1 aliphatic heterocycles. The highest BCUT2D eigenvalue weighted by Gasteiger charge is 2.43. The minimum absolute atomic E-state index is 0.0809. The first kappa shape index (κ1) is 21.9. The zero-order valence-electron chi connectivity index (χ0n) is 18.0. The molecule has 1 aromatic carbocycles. The van der Waals surface area contributed by atoms with Crippen molar-refractivity contribution in [2.24, 2.45) is 16.4 Å². The molecule has 170 valence electrons. The lowest BCUT2D eigenvalue weighted by atomic mass is 9.71. The van der Waals surface area contributed by atoms with Gasteiger partial charge in [0.05, 0.1) is 42.0 Å². The van der Waals surface area contributed by atoms with E-state index in [1.807, 2.05) is 0 Å².